The second-order valence-corrected chi connectivity index (χ2v) is 7.34. The van der Waals surface area contributed by atoms with Crippen molar-refractivity contribution in [2.24, 2.45) is 0 Å². The summed E-state index contributed by atoms with van der Waals surface area (Å²) < 4.78 is 40.7. The van der Waals surface area contributed by atoms with E-state index in [2.05, 4.69) is 0 Å². The zero-order valence-corrected chi connectivity index (χ0v) is 13.1. The normalized spacial score (nSPS) is 21.6. The van der Waals surface area contributed by atoms with Crippen LogP contribution in [-0.2, 0) is 15.9 Å². The van der Waals surface area contributed by atoms with Crippen molar-refractivity contribution in [2.45, 2.75) is 49.4 Å². The number of halogens is 2. The van der Waals surface area contributed by atoms with Gasteiger partial charge in [-0.25, -0.2) is 12.8 Å². The molecule has 1 unspecified atom stereocenters. The monoisotopic (exact) mass is 319 g/mol. The molecular weight excluding hydrogens is 301 g/mol. The molecule has 1 aliphatic rings. The summed E-state index contributed by atoms with van der Waals surface area (Å²) in [6, 6.07) is 3.99. The molecule has 1 heterocycles. The van der Waals surface area contributed by atoms with Gasteiger partial charge in [0, 0.05) is 18.5 Å². The molecule has 1 aromatic rings. The van der Waals surface area contributed by atoms with Crippen LogP contribution in [0, 0.1) is 5.82 Å². The van der Waals surface area contributed by atoms with E-state index in [-0.39, 0.29) is 16.8 Å². The van der Waals surface area contributed by atoms with E-state index in [0.717, 1.165) is 25.7 Å². The molecule has 0 N–H and O–H groups in total. The third-order valence-electron chi connectivity index (χ3n) is 3.73. The molecular formula is C14H19ClFNO2S. The predicted molar refractivity (Wildman–Crippen MR) is 77.8 cm³/mol. The van der Waals surface area contributed by atoms with Gasteiger partial charge in [0.2, 0.25) is 10.0 Å². The number of hydrogen-bond donors (Lipinski definition) is 0. The lowest BCUT2D eigenvalue weighted by atomic mass is 10.1. The zero-order chi connectivity index (χ0) is 14.8. The Balaban J connectivity index is 2.38. The van der Waals surface area contributed by atoms with E-state index in [1.165, 1.54) is 16.4 Å². The van der Waals surface area contributed by atoms with Gasteiger partial charge in [-0.15, -0.1) is 11.6 Å². The summed E-state index contributed by atoms with van der Waals surface area (Å²) in [5.41, 5.74) is 0.576. The molecule has 3 nitrogen and oxygen atoms in total. The average Bonchev–Trinajstić information content (AvgIpc) is 2.63. The highest BCUT2D eigenvalue weighted by Crippen LogP contribution is 2.26. The van der Waals surface area contributed by atoms with Crippen LogP contribution in [0.4, 0.5) is 4.39 Å². The predicted octanol–water partition coefficient (Wildman–Crippen LogP) is 3.52. The standard InChI is InChI=1S/C14H19ClFNO2S/c1-11-5-3-2-4-8-17(11)20(18,19)14-7-6-12(10-15)9-13(14)16/h6-7,9,11H,2-5,8,10H2,1H3. The maximum absolute atomic E-state index is 14.1. The van der Waals surface area contributed by atoms with Gasteiger partial charge in [-0.05, 0) is 37.5 Å². The summed E-state index contributed by atoms with van der Waals surface area (Å²) in [6.07, 6.45) is 3.68. The largest absolute Gasteiger partial charge is 0.246 e. The summed E-state index contributed by atoms with van der Waals surface area (Å²) in [7, 11) is -3.77. The average molecular weight is 320 g/mol. The minimum atomic E-state index is -3.77. The molecule has 0 radical (unpaired) electrons. The van der Waals surface area contributed by atoms with Crippen molar-refractivity contribution in [2.75, 3.05) is 6.54 Å². The fraction of sp³-hybridized carbons (Fsp3) is 0.571. The molecule has 20 heavy (non-hydrogen) atoms. The van der Waals surface area contributed by atoms with Gasteiger partial charge in [0.1, 0.15) is 10.7 Å². The van der Waals surface area contributed by atoms with Gasteiger partial charge in [-0.3, -0.25) is 0 Å². The van der Waals surface area contributed by atoms with Crippen LogP contribution in [0.25, 0.3) is 0 Å². The van der Waals surface area contributed by atoms with Crippen molar-refractivity contribution in [3.05, 3.63) is 29.6 Å². The third-order valence-corrected chi connectivity index (χ3v) is 6.08. The van der Waals surface area contributed by atoms with E-state index in [1.54, 1.807) is 6.07 Å². The first-order valence-electron chi connectivity index (χ1n) is 6.83. The van der Waals surface area contributed by atoms with Crippen molar-refractivity contribution >= 4 is 21.6 Å². The van der Waals surface area contributed by atoms with Crippen LogP contribution in [0.2, 0.25) is 0 Å². The molecule has 2 rings (SSSR count). The van der Waals surface area contributed by atoms with Crippen molar-refractivity contribution in [3.8, 4) is 0 Å². The maximum atomic E-state index is 14.1. The van der Waals surface area contributed by atoms with Crippen LogP contribution in [-0.4, -0.2) is 25.3 Å². The summed E-state index contributed by atoms with van der Waals surface area (Å²) in [6.45, 7) is 2.34. The van der Waals surface area contributed by atoms with E-state index in [4.69, 9.17) is 11.6 Å². The van der Waals surface area contributed by atoms with Crippen LogP contribution in [0.5, 0.6) is 0 Å². The SMILES string of the molecule is CC1CCCCCN1S(=O)(=O)c1ccc(CCl)cc1F. The molecule has 1 atom stereocenters. The fourth-order valence-electron chi connectivity index (χ4n) is 2.57. The second-order valence-electron chi connectivity index (χ2n) is 5.21. The molecule has 0 aromatic heterocycles. The first kappa shape index (κ1) is 15.7. The molecule has 0 spiro atoms. The second kappa shape index (κ2) is 6.41. The Hall–Kier alpha value is -0.650. The van der Waals surface area contributed by atoms with Crippen molar-refractivity contribution in [3.63, 3.8) is 0 Å². The smallest absolute Gasteiger partial charge is 0.207 e. The van der Waals surface area contributed by atoms with Gasteiger partial charge < -0.3 is 0 Å². The van der Waals surface area contributed by atoms with E-state index in [9.17, 15) is 12.8 Å². The van der Waals surface area contributed by atoms with Crippen molar-refractivity contribution in [1.82, 2.24) is 4.31 Å². The lowest BCUT2D eigenvalue weighted by molar-refractivity contribution is 0.340. The first-order valence-corrected chi connectivity index (χ1v) is 8.80. The van der Waals surface area contributed by atoms with Gasteiger partial charge in [0.05, 0.1) is 0 Å². The molecule has 0 amide bonds. The highest BCUT2D eigenvalue weighted by Gasteiger charge is 2.31. The van der Waals surface area contributed by atoms with Gasteiger partial charge in [0.15, 0.2) is 0 Å². The number of benzene rings is 1. The minimum Gasteiger partial charge on any atom is -0.207 e. The molecule has 6 heteroatoms. The zero-order valence-electron chi connectivity index (χ0n) is 11.5. The van der Waals surface area contributed by atoms with Crippen LogP contribution >= 0.6 is 11.6 Å². The van der Waals surface area contributed by atoms with E-state index in [0.29, 0.717) is 12.1 Å². The van der Waals surface area contributed by atoms with E-state index < -0.39 is 15.8 Å². The quantitative estimate of drug-likeness (QED) is 0.799. The molecule has 0 bridgehead atoms. The van der Waals surface area contributed by atoms with Crippen LogP contribution in [0.1, 0.15) is 38.2 Å². The first-order chi connectivity index (χ1) is 9.46. The van der Waals surface area contributed by atoms with Crippen LogP contribution < -0.4 is 0 Å². The van der Waals surface area contributed by atoms with Crippen LogP contribution in [0.3, 0.4) is 0 Å². The number of hydrogen-bond acceptors (Lipinski definition) is 2. The molecule has 1 fully saturated rings. The Kier molecular flexibility index (Phi) is 5.04. The van der Waals surface area contributed by atoms with Gasteiger partial charge >= 0.3 is 0 Å². The number of sulfonamides is 1. The van der Waals surface area contributed by atoms with Crippen LogP contribution in [0.15, 0.2) is 23.1 Å². The number of alkyl halides is 1. The van der Waals surface area contributed by atoms with E-state index >= 15 is 0 Å². The number of nitrogens with zero attached hydrogens (tertiary/aromatic N) is 1. The maximum Gasteiger partial charge on any atom is 0.246 e. The summed E-state index contributed by atoms with van der Waals surface area (Å²) >= 11 is 5.63. The lowest BCUT2D eigenvalue weighted by Gasteiger charge is -2.26. The Labute approximate surface area is 124 Å². The summed E-state index contributed by atoms with van der Waals surface area (Å²) in [5.74, 6) is -0.559. The molecule has 112 valence electrons. The lowest BCUT2D eigenvalue weighted by Crippen LogP contribution is -2.38. The van der Waals surface area contributed by atoms with Gasteiger partial charge in [-0.1, -0.05) is 18.9 Å². The molecule has 0 aliphatic carbocycles. The minimum absolute atomic E-state index is 0.0883. The highest BCUT2D eigenvalue weighted by molar-refractivity contribution is 7.89. The highest BCUT2D eigenvalue weighted by atomic mass is 35.5. The summed E-state index contributed by atoms with van der Waals surface area (Å²) in [4.78, 5) is -0.250. The van der Waals surface area contributed by atoms with Crippen molar-refractivity contribution in [1.29, 1.82) is 0 Å². The van der Waals surface area contributed by atoms with Crippen molar-refractivity contribution < 1.29 is 12.8 Å². The molecule has 1 aromatic carbocycles. The fourth-order valence-corrected chi connectivity index (χ4v) is 4.48. The summed E-state index contributed by atoms with van der Waals surface area (Å²) in [5, 5.41) is 0. The molecule has 0 saturated carbocycles. The Morgan fingerprint density at radius 3 is 2.75 bits per heavy atom. The van der Waals surface area contributed by atoms with Gasteiger partial charge in [0.25, 0.3) is 0 Å². The van der Waals surface area contributed by atoms with E-state index in [1.807, 2.05) is 6.92 Å². The third kappa shape index (κ3) is 3.15. The molecule has 1 saturated heterocycles. The van der Waals surface area contributed by atoms with Gasteiger partial charge in [-0.2, -0.15) is 4.31 Å². The Morgan fingerprint density at radius 2 is 2.10 bits per heavy atom. The number of rotatable bonds is 3. The Morgan fingerprint density at radius 1 is 1.35 bits per heavy atom. The Bertz CT molecular complexity index is 577. The molecule has 1 aliphatic heterocycles. The topological polar surface area (TPSA) is 37.4 Å².